The van der Waals surface area contributed by atoms with Gasteiger partial charge in [-0.3, -0.25) is 9.78 Å². The summed E-state index contributed by atoms with van der Waals surface area (Å²) in [5.41, 5.74) is 3.22. The average Bonchev–Trinajstić information content (AvgIpc) is 2.55. The van der Waals surface area contributed by atoms with E-state index in [4.69, 9.17) is 0 Å². The molecule has 0 bridgehead atoms. The summed E-state index contributed by atoms with van der Waals surface area (Å²) in [6.07, 6.45) is 6.16. The number of unbranched alkanes of at least 4 members (excludes halogenated alkanes) is 1. The molecule has 0 aliphatic heterocycles. The van der Waals surface area contributed by atoms with Crippen molar-refractivity contribution < 1.29 is 9.90 Å². The van der Waals surface area contributed by atoms with Crippen LogP contribution in [0.3, 0.4) is 0 Å². The summed E-state index contributed by atoms with van der Waals surface area (Å²) in [6.45, 7) is 2.62. The Hall–Kier alpha value is -2.20. The van der Waals surface area contributed by atoms with Crippen LogP contribution in [0.2, 0.25) is 0 Å². The first-order chi connectivity index (χ1) is 10.7. The van der Waals surface area contributed by atoms with Crippen molar-refractivity contribution in [1.82, 2.24) is 10.3 Å². The van der Waals surface area contributed by atoms with Crippen molar-refractivity contribution in [2.75, 3.05) is 0 Å². The van der Waals surface area contributed by atoms with Crippen LogP contribution in [-0.4, -0.2) is 22.1 Å². The monoisotopic (exact) mass is 298 g/mol. The van der Waals surface area contributed by atoms with E-state index in [2.05, 4.69) is 23.3 Å². The quantitative estimate of drug-likeness (QED) is 0.783. The van der Waals surface area contributed by atoms with Gasteiger partial charge in [0.25, 0.3) is 0 Å². The molecular formula is C18H22N2O2. The molecule has 0 spiro atoms. The van der Waals surface area contributed by atoms with Crippen molar-refractivity contribution in [1.29, 1.82) is 0 Å². The van der Waals surface area contributed by atoms with Crippen LogP contribution < -0.4 is 5.32 Å². The van der Waals surface area contributed by atoms with Gasteiger partial charge in [-0.1, -0.05) is 44.0 Å². The molecule has 0 saturated heterocycles. The summed E-state index contributed by atoms with van der Waals surface area (Å²) in [7, 11) is 0. The molecule has 0 aliphatic carbocycles. The number of rotatable bonds is 8. The second-order valence-electron chi connectivity index (χ2n) is 5.36. The van der Waals surface area contributed by atoms with Crippen LogP contribution in [0.1, 0.15) is 31.7 Å². The van der Waals surface area contributed by atoms with Gasteiger partial charge in [0.1, 0.15) is 6.04 Å². The maximum absolute atomic E-state index is 11.2. The molecule has 0 saturated carbocycles. The zero-order chi connectivity index (χ0) is 15.8. The Balaban J connectivity index is 2.02. The number of nitrogens with zero attached hydrogens (tertiary/aromatic N) is 1. The lowest BCUT2D eigenvalue weighted by Gasteiger charge is -2.14. The van der Waals surface area contributed by atoms with Crippen molar-refractivity contribution in [3.8, 4) is 11.1 Å². The van der Waals surface area contributed by atoms with Gasteiger partial charge in [-0.25, -0.2) is 0 Å². The topological polar surface area (TPSA) is 62.2 Å². The van der Waals surface area contributed by atoms with E-state index in [1.165, 1.54) is 0 Å². The maximum Gasteiger partial charge on any atom is 0.320 e. The number of carboxylic acid groups (broad SMARTS) is 1. The lowest BCUT2D eigenvalue weighted by Crippen LogP contribution is -2.36. The molecule has 2 aromatic rings. The first-order valence-electron chi connectivity index (χ1n) is 7.66. The number of nitrogens with one attached hydrogen (secondary N) is 1. The summed E-state index contributed by atoms with van der Waals surface area (Å²) >= 11 is 0. The highest BCUT2D eigenvalue weighted by Gasteiger charge is 2.15. The van der Waals surface area contributed by atoms with E-state index < -0.39 is 12.0 Å². The molecule has 0 amide bonds. The highest BCUT2D eigenvalue weighted by Crippen LogP contribution is 2.19. The van der Waals surface area contributed by atoms with Crippen LogP contribution >= 0.6 is 0 Å². The molecule has 0 fully saturated rings. The number of carboxylic acids is 1. The summed E-state index contributed by atoms with van der Waals surface area (Å²) in [5.74, 6) is -0.781. The predicted octanol–water partition coefficient (Wildman–Crippen LogP) is 3.48. The lowest BCUT2D eigenvalue weighted by atomic mass is 10.0. The first kappa shape index (κ1) is 16.2. The zero-order valence-corrected chi connectivity index (χ0v) is 12.8. The Morgan fingerprint density at radius 3 is 2.77 bits per heavy atom. The highest BCUT2D eigenvalue weighted by molar-refractivity contribution is 5.73. The lowest BCUT2D eigenvalue weighted by molar-refractivity contribution is -0.139. The third-order valence-corrected chi connectivity index (χ3v) is 3.62. The fourth-order valence-corrected chi connectivity index (χ4v) is 2.36. The van der Waals surface area contributed by atoms with E-state index in [0.29, 0.717) is 13.0 Å². The van der Waals surface area contributed by atoms with Gasteiger partial charge in [0, 0.05) is 18.9 Å². The minimum Gasteiger partial charge on any atom is -0.480 e. The molecule has 2 N–H and O–H groups in total. The van der Waals surface area contributed by atoms with Crippen LogP contribution in [0.15, 0.2) is 48.8 Å². The summed E-state index contributed by atoms with van der Waals surface area (Å²) in [6, 6.07) is 11.5. The second-order valence-corrected chi connectivity index (χ2v) is 5.36. The molecule has 0 aliphatic rings. The second kappa shape index (κ2) is 8.29. The Kier molecular flexibility index (Phi) is 6.10. The minimum absolute atomic E-state index is 0.484. The molecule has 2 rings (SSSR count). The van der Waals surface area contributed by atoms with Gasteiger partial charge in [0.2, 0.25) is 0 Å². The van der Waals surface area contributed by atoms with E-state index in [9.17, 15) is 9.90 Å². The Bertz CT molecular complexity index is 599. The van der Waals surface area contributed by atoms with Crippen LogP contribution in [0.5, 0.6) is 0 Å². The standard InChI is InChI=1S/C18H22N2O2/c1-2-3-9-17(18(21)22)20-12-14-6-4-7-15(11-14)16-8-5-10-19-13-16/h4-8,10-11,13,17,20H,2-3,9,12H2,1H3,(H,21,22). The van der Waals surface area contributed by atoms with Gasteiger partial charge in [-0.15, -0.1) is 0 Å². The van der Waals surface area contributed by atoms with Gasteiger partial charge >= 0.3 is 5.97 Å². The summed E-state index contributed by atoms with van der Waals surface area (Å²) < 4.78 is 0. The van der Waals surface area contributed by atoms with Gasteiger partial charge < -0.3 is 10.4 Å². The third-order valence-electron chi connectivity index (χ3n) is 3.62. The number of aromatic nitrogens is 1. The molecule has 22 heavy (non-hydrogen) atoms. The molecule has 0 radical (unpaired) electrons. The Morgan fingerprint density at radius 2 is 2.09 bits per heavy atom. The van der Waals surface area contributed by atoms with E-state index in [0.717, 1.165) is 29.5 Å². The molecule has 4 heteroatoms. The fourth-order valence-electron chi connectivity index (χ4n) is 2.36. The molecule has 1 heterocycles. The zero-order valence-electron chi connectivity index (χ0n) is 12.8. The van der Waals surface area contributed by atoms with Gasteiger partial charge in [0.15, 0.2) is 0 Å². The van der Waals surface area contributed by atoms with Gasteiger partial charge in [0.05, 0.1) is 0 Å². The van der Waals surface area contributed by atoms with Gasteiger partial charge in [-0.2, -0.15) is 0 Å². The molecule has 116 valence electrons. The predicted molar refractivity (Wildman–Crippen MR) is 87.5 cm³/mol. The van der Waals surface area contributed by atoms with Crippen molar-refractivity contribution in [3.63, 3.8) is 0 Å². The van der Waals surface area contributed by atoms with Crippen molar-refractivity contribution in [3.05, 3.63) is 54.4 Å². The van der Waals surface area contributed by atoms with Crippen LogP contribution in [0.25, 0.3) is 11.1 Å². The number of hydrogen-bond acceptors (Lipinski definition) is 3. The SMILES string of the molecule is CCCCC(NCc1cccc(-c2cccnc2)c1)C(=O)O. The molecule has 4 nitrogen and oxygen atoms in total. The van der Waals surface area contributed by atoms with Crippen LogP contribution in [-0.2, 0) is 11.3 Å². The average molecular weight is 298 g/mol. The van der Waals surface area contributed by atoms with E-state index in [1.54, 1.807) is 6.20 Å². The summed E-state index contributed by atoms with van der Waals surface area (Å²) in [4.78, 5) is 15.4. The third kappa shape index (κ3) is 4.67. The number of hydrogen-bond donors (Lipinski definition) is 2. The Labute approximate surface area is 131 Å². The maximum atomic E-state index is 11.2. The molecule has 1 aromatic carbocycles. The first-order valence-corrected chi connectivity index (χ1v) is 7.66. The minimum atomic E-state index is -0.781. The van der Waals surface area contributed by atoms with Crippen molar-refractivity contribution in [2.45, 2.75) is 38.8 Å². The number of pyridine rings is 1. The molecule has 1 atom stereocenters. The Morgan fingerprint density at radius 1 is 1.27 bits per heavy atom. The normalized spacial score (nSPS) is 12.0. The smallest absolute Gasteiger partial charge is 0.320 e. The molecule has 1 aromatic heterocycles. The molecule has 1 unspecified atom stereocenters. The summed E-state index contributed by atoms with van der Waals surface area (Å²) in [5, 5.41) is 12.4. The van der Waals surface area contributed by atoms with Crippen LogP contribution in [0, 0.1) is 0 Å². The number of aliphatic carboxylic acids is 1. The van der Waals surface area contributed by atoms with E-state index in [1.807, 2.05) is 36.5 Å². The van der Waals surface area contributed by atoms with E-state index in [-0.39, 0.29) is 0 Å². The van der Waals surface area contributed by atoms with Gasteiger partial charge in [-0.05, 0) is 35.2 Å². The molecular weight excluding hydrogens is 276 g/mol. The van der Waals surface area contributed by atoms with Crippen molar-refractivity contribution >= 4 is 5.97 Å². The number of carbonyl (C=O) groups is 1. The van der Waals surface area contributed by atoms with Crippen molar-refractivity contribution in [2.24, 2.45) is 0 Å². The van der Waals surface area contributed by atoms with E-state index >= 15 is 0 Å². The fraction of sp³-hybridized carbons (Fsp3) is 0.333. The highest BCUT2D eigenvalue weighted by atomic mass is 16.4. The van der Waals surface area contributed by atoms with Crippen LogP contribution in [0.4, 0.5) is 0 Å². The largest absolute Gasteiger partial charge is 0.480 e. The number of benzene rings is 1.